The number of aryl methyl sites for hydroxylation is 1. The van der Waals surface area contributed by atoms with E-state index in [9.17, 15) is 4.79 Å². The molecular weight excluding hydrogens is 378 g/mol. The van der Waals surface area contributed by atoms with Gasteiger partial charge in [-0.3, -0.25) is 20.3 Å². The Labute approximate surface area is 172 Å². The van der Waals surface area contributed by atoms with E-state index in [4.69, 9.17) is 0 Å². The number of rotatable bonds is 5. The predicted octanol–water partition coefficient (Wildman–Crippen LogP) is 2.97. The number of hydrogen-bond acceptors (Lipinski definition) is 5. The molecule has 30 heavy (non-hydrogen) atoms. The number of aromatic amines is 1. The zero-order valence-electron chi connectivity index (χ0n) is 16.2. The summed E-state index contributed by atoms with van der Waals surface area (Å²) in [5, 5.41) is 7.31. The smallest absolute Gasteiger partial charge is 0.280 e. The van der Waals surface area contributed by atoms with Crippen molar-refractivity contribution in [1.29, 1.82) is 0 Å². The summed E-state index contributed by atoms with van der Waals surface area (Å²) in [7, 11) is 0. The average Bonchev–Trinajstić information content (AvgIpc) is 3.08. The molecule has 0 fully saturated rings. The van der Waals surface area contributed by atoms with Gasteiger partial charge < -0.3 is 0 Å². The van der Waals surface area contributed by atoms with E-state index >= 15 is 0 Å². The lowest BCUT2D eigenvalue weighted by molar-refractivity contribution is 0.835. The van der Waals surface area contributed by atoms with Gasteiger partial charge >= 0.3 is 0 Å². The molecule has 0 saturated carbocycles. The maximum atomic E-state index is 12.8. The average molecular weight is 397 g/mol. The van der Waals surface area contributed by atoms with Gasteiger partial charge in [0.25, 0.3) is 5.56 Å². The summed E-state index contributed by atoms with van der Waals surface area (Å²) in [6.07, 6.45) is 4.81. The first-order valence-corrected chi connectivity index (χ1v) is 9.29. The molecule has 0 aliphatic carbocycles. The van der Waals surface area contributed by atoms with E-state index in [2.05, 4.69) is 30.6 Å². The van der Waals surface area contributed by atoms with Gasteiger partial charge in [0.1, 0.15) is 5.69 Å². The van der Waals surface area contributed by atoms with E-state index in [1.54, 1.807) is 18.5 Å². The van der Waals surface area contributed by atoms with Crippen molar-refractivity contribution < 1.29 is 0 Å². The summed E-state index contributed by atoms with van der Waals surface area (Å²) in [6, 6.07) is 20.3. The van der Waals surface area contributed by atoms with Crippen molar-refractivity contribution in [1.82, 2.24) is 25.2 Å². The van der Waals surface area contributed by atoms with E-state index in [0.717, 1.165) is 5.69 Å². The Morgan fingerprint density at radius 2 is 1.73 bits per heavy atom. The molecule has 148 valence electrons. The number of pyridine rings is 2. The molecule has 3 aromatic heterocycles. The number of para-hydroxylation sites is 1. The van der Waals surface area contributed by atoms with Crippen LogP contribution < -0.4 is 11.0 Å². The van der Waals surface area contributed by atoms with Crippen molar-refractivity contribution in [3.05, 3.63) is 106 Å². The van der Waals surface area contributed by atoms with E-state index in [0.29, 0.717) is 28.6 Å². The van der Waals surface area contributed by atoms with Gasteiger partial charge in [-0.05, 0) is 43.3 Å². The van der Waals surface area contributed by atoms with Crippen molar-refractivity contribution >= 4 is 17.9 Å². The lowest BCUT2D eigenvalue weighted by Crippen LogP contribution is -2.21. The largest absolute Gasteiger partial charge is 0.295 e. The zero-order valence-corrected chi connectivity index (χ0v) is 16.2. The van der Waals surface area contributed by atoms with Gasteiger partial charge in [-0.25, -0.2) is 14.7 Å². The van der Waals surface area contributed by atoms with Gasteiger partial charge in [-0.1, -0.05) is 30.3 Å². The monoisotopic (exact) mass is 397 g/mol. The maximum absolute atomic E-state index is 12.8. The predicted molar refractivity (Wildman–Crippen MR) is 117 cm³/mol. The highest BCUT2D eigenvalue weighted by Gasteiger charge is 2.11. The number of benzene rings is 1. The van der Waals surface area contributed by atoms with E-state index < -0.39 is 0 Å². The van der Waals surface area contributed by atoms with Crippen LogP contribution in [0, 0.1) is 6.92 Å². The van der Waals surface area contributed by atoms with E-state index in [-0.39, 0.29) is 5.56 Å². The molecule has 8 nitrogen and oxygen atoms in total. The summed E-state index contributed by atoms with van der Waals surface area (Å²) < 4.78 is 1.48. The first-order chi connectivity index (χ1) is 14.7. The number of amidine groups is 1. The molecule has 2 N–H and O–H groups in total. The summed E-state index contributed by atoms with van der Waals surface area (Å²) in [4.78, 5) is 25.8. The minimum atomic E-state index is -0.190. The van der Waals surface area contributed by atoms with Crippen LogP contribution in [0.4, 0.5) is 5.82 Å². The van der Waals surface area contributed by atoms with E-state index in [1.165, 1.54) is 10.9 Å². The summed E-state index contributed by atoms with van der Waals surface area (Å²) >= 11 is 0. The molecule has 8 heteroatoms. The molecule has 0 atom stereocenters. The molecule has 0 saturated heterocycles. The Kier molecular flexibility index (Phi) is 5.56. The fourth-order valence-electron chi connectivity index (χ4n) is 2.81. The number of hydrogen-bond donors (Lipinski definition) is 2. The quantitative estimate of drug-likeness (QED) is 0.307. The van der Waals surface area contributed by atoms with Crippen LogP contribution in [-0.2, 0) is 0 Å². The van der Waals surface area contributed by atoms with Crippen LogP contribution >= 0.6 is 0 Å². The molecule has 1 aromatic carbocycles. The van der Waals surface area contributed by atoms with Gasteiger partial charge in [0.05, 0.1) is 17.5 Å². The lowest BCUT2D eigenvalue weighted by atomic mass is 10.3. The number of aromatic nitrogens is 4. The molecule has 3 heterocycles. The molecule has 4 rings (SSSR count). The zero-order chi connectivity index (χ0) is 20.8. The third kappa shape index (κ3) is 4.22. The van der Waals surface area contributed by atoms with Gasteiger partial charge in [0.15, 0.2) is 11.7 Å². The Bertz CT molecular complexity index is 1230. The number of nitrogens with one attached hydrogen (secondary N) is 2. The second kappa shape index (κ2) is 8.78. The van der Waals surface area contributed by atoms with E-state index in [1.807, 2.05) is 67.6 Å². The molecule has 0 aliphatic heterocycles. The van der Waals surface area contributed by atoms with Crippen LogP contribution in [0.25, 0.3) is 5.69 Å². The SMILES string of the molecule is Cc1[nH]n(-c2ccccc2)c(=O)c1C=NNC(=Nc1ccccn1)c1ccccn1. The second-order valence-corrected chi connectivity index (χ2v) is 6.36. The van der Waals surface area contributed by atoms with Crippen LogP contribution in [0.15, 0.2) is 94.0 Å². The molecule has 4 aromatic rings. The summed E-state index contributed by atoms with van der Waals surface area (Å²) in [5.74, 6) is 0.937. The first-order valence-electron chi connectivity index (χ1n) is 9.29. The molecule has 0 amide bonds. The van der Waals surface area contributed by atoms with Crippen LogP contribution in [0.3, 0.4) is 0 Å². The van der Waals surface area contributed by atoms with Crippen molar-refractivity contribution in [3.63, 3.8) is 0 Å². The Balaban J connectivity index is 1.63. The second-order valence-electron chi connectivity index (χ2n) is 6.36. The molecule has 0 radical (unpaired) electrons. The van der Waals surface area contributed by atoms with Crippen molar-refractivity contribution in [2.24, 2.45) is 10.1 Å². The van der Waals surface area contributed by atoms with Gasteiger partial charge in [-0.2, -0.15) is 5.10 Å². The van der Waals surface area contributed by atoms with Crippen LogP contribution in [0.2, 0.25) is 0 Å². The minimum absolute atomic E-state index is 0.190. The highest BCUT2D eigenvalue weighted by atomic mass is 16.1. The standard InChI is InChI=1S/C22H19N7O/c1-16-18(22(30)29(28-16)17-9-3-2-4-10-17)15-25-27-21(19-11-5-7-13-23-19)26-20-12-6-8-14-24-20/h2-15,28H,1H3,(H,24,26,27). The fraction of sp³-hybridized carbons (Fsp3) is 0.0455. The summed E-state index contributed by atoms with van der Waals surface area (Å²) in [6.45, 7) is 1.82. The Hall–Kier alpha value is -4.33. The number of H-pyrrole nitrogens is 1. The topological polar surface area (TPSA) is 100 Å². The number of nitrogens with zero attached hydrogens (tertiary/aromatic N) is 5. The van der Waals surface area contributed by atoms with Crippen LogP contribution in [0.5, 0.6) is 0 Å². The normalized spacial score (nSPS) is 11.7. The third-order valence-corrected chi connectivity index (χ3v) is 4.28. The third-order valence-electron chi connectivity index (χ3n) is 4.28. The molecule has 0 unspecified atom stereocenters. The molecule has 0 spiro atoms. The molecular formula is C22H19N7O. The first kappa shape index (κ1) is 19.0. The Morgan fingerprint density at radius 1 is 1.00 bits per heavy atom. The Morgan fingerprint density at radius 3 is 2.43 bits per heavy atom. The highest BCUT2D eigenvalue weighted by molar-refractivity contribution is 5.98. The minimum Gasteiger partial charge on any atom is -0.295 e. The number of aliphatic imine (C=N–C) groups is 1. The van der Waals surface area contributed by atoms with Crippen molar-refractivity contribution in [3.8, 4) is 5.69 Å². The maximum Gasteiger partial charge on any atom is 0.280 e. The van der Waals surface area contributed by atoms with Gasteiger partial charge in [0, 0.05) is 18.1 Å². The van der Waals surface area contributed by atoms with Gasteiger partial charge in [0.2, 0.25) is 0 Å². The highest BCUT2D eigenvalue weighted by Crippen LogP contribution is 2.08. The van der Waals surface area contributed by atoms with Crippen molar-refractivity contribution in [2.45, 2.75) is 6.92 Å². The van der Waals surface area contributed by atoms with Crippen LogP contribution in [-0.4, -0.2) is 31.8 Å². The van der Waals surface area contributed by atoms with Gasteiger partial charge in [-0.15, -0.1) is 0 Å². The fourth-order valence-corrected chi connectivity index (χ4v) is 2.81. The van der Waals surface area contributed by atoms with Crippen LogP contribution in [0.1, 0.15) is 17.0 Å². The number of hydrazone groups is 1. The molecule has 0 aliphatic rings. The molecule has 0 bridgehead atoms. The summed E-state index contributed by atoms with van der Waals surface area (Å²) in [5.41, 5.74) is 5.21. The van der Waals surface area contributed by atoms with Crippen molar-refractivity contribution in [2.75, 3.05) is 0 Å². The lowest BCUT2D eigenvalue weighted by Gasteiger charge is -2.04.